The lowest BCUT2D eigenvalue weighted by Crippen LogP contribution is -2.05. The first kappa shape index (κ1) is 5.76. The standard InChI is InChI=1S/C6H8OS/c1-5-6(8)3-2-4-7-5/h2-5,8H,1H3. The van der Waals surface area contributed by atoms with Crippen molar-refractivity contribution in [3.05, 3.63) is 23.3 Å². The van der Waals surface area contributed by atoms with Crippen molar-refractivity contribution in [2.75, 3.05) is 0 Å². The van der Waals surface area contributed by atoms with Gasteiger partial charge in [-0.25, -0.2) is 0 Å². The number of allylic oxidation sites excluding steroid dienone is 2. The molecule has 0 spiro atoms. The van der Waals surface area contributed by atoms with Gasteiger partial charge in [-0.2, -0.15) is 0 Å². The second-order valence-electron chi connectivity index (χ2n) is 1.70. The summed E-state index contributed by atoms with van der Waals surface area (Å²) in [6.45, 7) is 1.96. The molecule has 1 nitrogen and oxygen atoms in total. The summed E-state index contributed by atoms with van der Waals surface area (Å²) in [6.07, 6.45) is 5.58. The highest BCUT2D eigenvalue weighted by Crippen LogP contribution is 2.14. The van der Waals surface area contributed by atoms with Crippen LogP contribution >= 0.6 is 12.6 Å². The van der Waals surface area contributed by atoms with Crippen LogP contribution in [0.3, 0.4) is 0 Å². The maximum Gasteiger partial charge on any atom is 0.126 e. The fourth-order valence-electron chi connectivity index (χ4n) is 0.506. The van der Waals surface area contributed by atoms with Gasteiger partial charge in [0.25, 0.3) is 0 Å². The van der Waals surface area contributed by atoms with Crippen LogP contribution in [0, 0.1) is 0 Å². The molecule has 1 aliphatic heterocycles. The lowest BCUT2D eigenvalue weighted by Gasteiger charge is -2.12. The van der Waals surface area contributed by atoms with Crippen molar-refractivity contribution >= 4 is 12.6 Å². The van der Waals surface area contributed by atoms with E-state index in [4.69, 9.17) is 4.74 Å². The fourth-order valence-corrected chi connectivity index (χ4v) is 0.653. The van der Waals surface area contributed by atoms with Gasteiger partial charge in [-0.15, -0.1) is 12.6 Å². The minimum atomic E-state index is 0.142. The van der Waals surface area contributed by atoms with E-state index in [2.05, 4.69) is 12.6 Å². The van der Waals surface area contributed by atoms with Gasteiger partial charge in [-0.3, -0.25) is 0 Å². The van der Waals surface area contributed by atoms with Gasteiger partial charge in [-0.1, -0.05) is 0 Å². The Morgan fingerprint density at radius 2 is 2.50 bits per heavy atom. The van der Waals surface area contributed by atoms with Crippen molar-refractivity contribution < 1.29 is 4.74 Å². The van der Waals surface area contributed by atoms with Gasteiger partial charge in [0.05, 0.1) is 6.26 Å². The normalized spacial score (nSPS) is 26.8. The third-order valence-electron chi connectivity index (χ3n) is 1.04. The average molecular weight is 128 g/mol. The molecule has 0 bridgehead atoms. The Bertz CT molecular complexity index is 137. The molecule has 1 atom stereocenters. The van der Waals surface area contributed by atoms with Crippen LogP contribution in [-0.2, 0) is 4.74 Å². The Balaban J connectivity index is 2.66. The molecule has 0 radical (unpaired) electrons. The average Bonchev–Trinajstić information content (AvgIpc) is 1.77. The van der Waals surface area contributed by atoms with E-state index in [1.54, 1.807) is 6.26 Å². The molecule has 0 aromatic carbocycles. The van der Waals surface area contributed by atoms with Crippen LogP contribution in [0.25, 0.3) is 0 Å². The van der Waals surface area contributed by atoms with E-state index < -0.39 is 0 Å². The van der Waals surface area contributed by atoms with Crippen molar-refractivity contribution in [3.63, 3.8) is 0 Å². The number of rotatable bonds is 0. The molecule has 0 N–H and O–H groups in total. The zero-order valence-electron chi connectivity index (χ0n) is 4.66. The van der Waals surface area contributed by atoms with Gasteiger partial charge in [0.15, 0.2) is 0 Å². The topological polar surface area (TPSA) is 9.23 Å². The molecule has 0 saturated carbocycles. The molecule has 44 valence electrons. The molecular formula is C6H8OS. The van der Waals surface area contributed by atoms with Crippen molar-refractivity contribution in [2.24, 2.45) is 0 Å². The largest absolute Gasteiger partial charge is 0.493 e. The monoisotopic (exact) mass is 128 g/mol. The van der Waals surface area contributed by atoms with Crippen LogP contribution in [0.15, 0.2) is 23.3 Å². The molecule has 0 aliphatic carbocycles. The second kappa shape index (κ2) is 2.27. The van der Waals surface area contributed by atoms with Crippen LogP contribution in [0.5, 0.6) is 0 Å². The van der Waals surface area contributed by atoms with Crippen LogP contribution in [0.1, 0.15) is 6.92 Å². The molecule has 0 aromatic heterocycles. The van der Waals surface area contributed by atoms with Crippen LogP contribution in [-0.4, -0.2) is 6.10 Å². The molecule has 1 heterocycles. The summed E-state index contributed by atoms with van der Waals surface area (Å²) in [5.74, 6) is 0. The zero-order chi connectivity index (χ0) is 5.98. The fraction of sp³-hybridized carbons (Fsp3) is 0.333. The summed E-state index contributed by atoms with van der Waals surface area (Å²) in [5, 5.41) is 0. The first-order valence-electron chi connectivity index (χ1n) is 2.52. The maximum atomic E-state index is 5.06. The third-order valence-corrected chi connectivity index (χ3v) is 1.56. The van der Waals surface area contributed by atoms with Crippen molar-refractivity contribution in [1.82, 2.24) is 0 Å². The van der Waals surface area contributed by atoms with E-state index >= 15 is 0 Å². The first-order chi connectivity index (χ1) is 3.80. The van der Waals surface area contributed by atoms with Gasteiger partial charge in [0, 0.05) is 4.91 Å². The van der Waals surface area contributed by atoms with E-state index in [0.717, 1.165) is 4.91 Å². The van der Waals surface area contributed by atoms with Crippen LogP contribution in [0.2, 0.25) is 0 Å². The predicted molar refractivity (Wildman–Crippen MR) is 36.8 cm³/mol. The van der Waals surface area contributed by atoms with E-state index in [0.29, 0.717) is 0 Å². The molecule has 0 amide bonds. The quantitative estimate of drug-likeness (QED) is 0.489. The SMILES string of the molecule is CC1OC=CC=C1S. The molecule has 1 unspecified atom stereocenters. The van der Waals surface area contributed by atoms with Gasteiger partial charge in [-0.05, 0) is 19.1 Å². The number of thiol groups is 1. The summed E-state index contributed by atoms with van der Waals surface area (Å²) in [4.78, 5) is 0.979. The zero-order valence-corrected chi connectivity index (χ0v) is 5.56. The Hall–Kier alpha value is -0.370. The highest BCUT2D eigenvalue weighted by atomic mass is 32.1. The molecule has 1 aliphatic rings. The lowest BCUT2D eigenvalue weighted by atomic mass is 10.3. The lowest BCUT2D eigenvalue weighted by molar-refractivity contribution is 0.197. The molecule has 0 fully saturated rings. The van der Waals surface area contributed by atoms with Crippen molar-refractivity contribution in [1.29, 1.82) is 0 Å². The number of hydrogen-bond acceptors (Lipinski definition) is 2. The molecule has 1 rings (SSSR count). The number of ether oxygens (including phenoxy) is 1. The highest BCUT2D eigenvalue weighted by molar-refractivity contribution is 7.84. The minimum absolute atomic E-state index is 0.142. The Morgan fingerprint density at radius 3 is 2.88 bits per heavy atom. The summed E-state index contributed by atoms with van der Waals surface area (Å²) in [7, 11) is 0. The molecule has 0 saturated heterocycles. The van der Waals surface area contributed by atoms with E-state index in [1.807, 2.05) is 19.1 Å². The van der Waals surface area contributed by atoms with Crippen molar-refractivity contribution in [3.8, 4) is 0 Å². The second-order valence-corrected chi connectivity index (χ2v) is 2.21. The summed E-state index contributed by atoms with van der Waals surface area (Å²) in [6, 6.07) is 0. The highest BCUT2D eigenvalue weighted by Gasteiger charge is 2.04. The van der Waals surface area contributed by atoms with E-state index in [9.17, 15) is 0 Å². The molecule has 2 heteroatoms. The Labute approximate surface area is 54.4 Å². The molecule has 0 aromatic rings. The smallest absolute Gasteiger partial charge is 0.126 e. The summed E-state index contributed by atoms with van der Waals surface area (Å²) in [5.41, 5.74) is 0. The van der Waals surface area contributed by atoms with Gasteiger partial charge in [0.2, 0.25) is 0 Å². The minimum Gasteiger partial charge on any atom is -0.493 e. The molecule has 8 heavy (non-hydrogen) atoms. The van der Waals surface area contributed by atoms with Gasteiger partial charge < -0.3 is 4.74 Å². The van der Waals surface area contributed by atoms with E-state index in [1.165, 1.54) is 0 Å². The maximum absolute atomic E-state index is 5.06. The summed E-state index contributed by atoms with van der Waals surface area (Å²) < 4.78 is 5.06. The van der Waals surface area contributed by atoms with Crippen LogP contribution < -0.4 is 0 Å². The predicted octanol–water partition coefficient (Wildman–Crippen LogP) is 1.73. The van der Waals surface area contributed by atoms with Gasteiger partial charge in [0.1, 0.15) is 6.10 Å². The third kappa shape index (κ3) is 1.07. The molecular weight excluding hydrogens is 120 g/mol. The first-order valence-corrected chi connectivity index (χ1v) is 2.96. The van der Waals surface area contributed by atoms with Gasteiger partial charge >= 0.3 is 0 Å². The Kier molecular flexibility index (Phi) is 1.63. The summed E-state index contributed by atoms with van der Waals surface area (Å²) >= 11 is 4.14. The number of hydrogen-bond donors (Lipinski definition) is 1. The van der Waals surface area contributed by atoms with Crippen LogP contribution in [0.4, 0.5) is 0 Å². The van der Waals surface area contributed by atoms with Crippen molar-refractivity contribution in [2.45, 2.75) is 13.0 Å². The Morgan fingerprint density at radius 1 is 1.75 bits per heavy atom. The van der Waals surface area contributed by atoms with E-state index in [-0.39, 0.29) is 6.10 Å².